The Morgan fingerprint density at radius 1 is 0.810 bits per heavy atom. The van der Waals surface area contributed by atoms with Gasteiger partial charge in [0.25, 0.3) is 0 Å². The number of amides is 2. The fraction of sp³-hybridized carbons (Fsp3) is 0.559. The van der Waals surface area contributed by atoms with E-state index >= 15 is 0 Å². The molecule has 42 heavy (non-hydrogen) atoms. The molecule has 0 saturated carbocycles. The van der Waals surface area contributed by atoms with Crippen LogP contribution in [0.2, 0.25) is 0 Å². The van der Waals surface area contributed by atoms with Gasteiger partial charge >= 0.3 is 13.4 Å². The van der Waals surface area contributed by atoms with Crippen molar-refractivity contribution < 1.29 is 23.9 Å². The third kappa shape index (κ3) is 10.8. The first-order valence-electron chi connectivity index (χ1n) is 15.7. The van der Waals surface area contributed by atoms with Gasteiger partial charge in [-0.25, -0.2) is 4.79 Å². The van der Waals surface area contributed by atoms with Crippen molar-refractivity contribution in [1.29, 1.82) is 0 Å². The van der Waals surface area contributed by atoms with Crippen LogP contribution in [0.1, 0.15) is 109 Å². The van der Waals surface area contributed by atoms with E-state index in [-0.39, 0.29) is 12.5 Å². The largest absolute Gasteiger partial charge is 0.468 e. The van der Waals surface area contributed by atoms with Gasteiger partial charge in [-0.3, -0.25) is 9.59 Å². The first kappa shape index (κ1) is 33.2. The first-order valence-corrected chi connectivity index (χ1v) is 15.7. The summed E-state index contributed by atoms with van der Waals surface area (Å²) in [5.74, 6) is -2.47. The lowest BCUT2D eigenvalue weighted by molar-refractivity contribution is -0.121. The number of unbranched alkanes of at least 4 members (excludes halogenated alkanes) is 9. The average Bonchev–Trinajstić information content (AvgIpc) is 3.27. The molecule has 0 aromatic heterocycles. The van der Waals surface area contributed by atoms with Crippen LogP contribution < -0.4 is 10.6 Å². The molecule has 0 spiro atoms. The Balaban J connectivity index is 1.49. The lowest BCUT2D eigenvalue weighted by Gasteiger charge is -2.22. The number of nitrogens with one attached hydrogen (secondary N) is 2. The van der Waals surface area contributed by atoms with Crippen molar-refractivity contribution in [2.75, 3.05) is 13.2 Å². The number of fused-ring (bicyclic) bond motifs is 3. The highest BCUT2D eigenvalue weighted by Crippen LogP contribution is 2.44. The van der Waals surface area contributed by atoms with E-state index in [0.29, 0.717) is 6.54 Å². The van der Waals surface area contributed by atoms with Gasteiger partial charge in [0.15, 0.2) is 0 Å². The van der Waals surface area contributed by atoms with Crippen molar-refractivity contribution in [3.63, 3.8) is 0 Å². The van der Waals surface area contributed by atoms with Crippen molar-refractivity contribution in [3.8, 4) is 11.1 Å². The molecule has 1 aliphatic rings. The Labute approximate surface area is 252 Å². The molecule has 227 valence electrons. The molecule has 1 radical (unpaired) electrons. The van der Waals surface area contributed by atoms with Crippen molar-refractivity contribution in [3.05, 3.63) is 59.7 Å². The number of hydrogen-bond donors (Lipinski definition) is 2. The molecule has 0 aliphatic heterocycles. The van der Waals surface area contributed by atoms with Crippen molar-refractivity contribution >= 4 is 25.1 Å². The van der Waals surface area contributed by atoms with E-state index in [1.165, 1.54) is 44.9 Å². The van der Waals surface area contributed by atoms with Crippen LogP contribution in [0.3, 0.4) is 0 Å². The molecule has 2 amide bonds. The van der Waals surface area contributed by atoms with Gasteiger partial charge in [-0.15, -0.1) is 0 Å². The number of ether oxygens (including phenoxy) is 2. The van der Waals surface area contributed by atoms with E-state index < -0.39 is 29.4 Å². The Morgan fingerprint density at radius 2 is 1.33 bits per heavy atom. The van der Waals surface area contributed by atoms with Gasteiger partial charge in [0.1, 0.15) is 12.2 Å². The smallest absolute Gasteiger partial charge is 0.407 e. The van der Waals surface area contributed by atoms with Crippen molar-refractivity contribution in [2.45, 2.75) is 109 Å². The highest BCUT2D eigenvalue weighted by atomic mass is 16.6. The fourth-order valence-corrected chi connectivity index (χ4v) is 5.36. The summed E-state index contributed by atoms with van der Waals surface area (Å²) in [6.07, 6.45) is 11.2. The molecule has 1 atom stereocenters. The maximum Gasteiger partial charge on any atom is 0.407 e. The molecule has 2 N–H and O–H groups in total. The minimum atomic E-state index is -1.21. The third-order valence-electron chi connectivity index (χ3n) is 7.44. The second-order valence-corrected chi connectivity index (χ2v) is 12.1. The lowest BCUT2D eigenvalue weighted by Crippen LogP contribution is -2.53. The number of benzene rings is 2. The normalized spacial score (nSPS) is 13.0. The third-order valence-corrected chi connectivity index (χ3v) is 7.44. The molecule has 0 fully saturated rings. The molecule has 2 aromatic rings. The lowest BCUT2D eigenvalue weighted by atomic mass is 9.69. The predicted octanol–water partition coefficient (Wildman–Crippen LogP) is 7.53. The van der Waals surface area contributed by atoms with Crippen LogP contribution in [0.5, 0.6) is 0 Å². The van der Waals surface area contributed by atoms with Crippen LogP contribution in [0, 0.1) is 0 Å². The fourth-order valence-electron chi connectivity index (χ4n) is 5.36. The molecule has 8 heteroatoms. The average molecular weight is 576 g/mol. The van der Waals surface area contributed by atoms with Crippen LogP contribution in [-0.4, -0.2) is 49.8 Å². The highest BCUT2D eigenvalue weighted by molar-refractivity contribution is 6.76. The summed E-state index contributed by atoms with van der Waals surface area (Å²) in [5, 5.41) is 5.42. The second-order valence-electron chi connectivity index (χ2n) is 12.1. The maximum absolute atomic E-state index is 13.0. The first-order chi connectivity index (χ1) is 20.2. The van der Waals surface area contributed by atoms with E-state index in [1.807, 2.05) is 36.4 Å². The second kappa shape index (κ2) is 17.0. The minimum Gasteiger partial charge on any atom is -0.468 e. The van der Waals surface area contributed by atoms with Gasteiger partial charge < -0.3 is 20.1 Å². The SMILES string of the molecule is CCCCCCCCCCCCNC(=O)[C@H]([B]C(=O)OC(C)(C)C)NC(=O)OCC1c2ccccc2-c2ccccc21. The molecule has 2 aromatic carbocycles. The molecule has 3 rings (SSSR count). The Morgan fingerprint density at radius 3 is 1.88 bits per heavy atom. The zero-order chi connectivity index (χ0) is 30.4. The van der Waals surface area contributed by atoms with Crippen LogP contribution in [0.4, 0.5) is 9.59 Å². The number of carbonyl (C=O) groups is 3. The molecular weight excluding hydrogens is 527 g/mol. The maximum atomic E-state index is 13.0. The Kier molecular flexibility index (Phi) is 13.4. The number of alkyl carbamates (subject to hydrolysis) is 1. The van der Waals surface area contributed by atoms with E-state index in [1.54, 1.807) is 20.8 Å². The summed E-state index contributed by atoms with van der Waals surface area (Å²) in [6.45, 7) is 8.06. The van der Waals surface area contributed by atoms with E-state index in [0.717, 1.165) is 48.8 Å². The zero-order valence-corrected chi connectivity index (χ0v) is 25.9. The minimum absolute atomic E-state index is 0.110. The van der Waals surface area contributed by atoms with Crippen LogP contribution in [-0.2, 0) is 14.3 Å². The van der Waals surface area contributed by atoms with E-state index in [9.17, 15) is 14.4 Å². The Hall–Kier alpha value is -3.29. The molecule has 1 aliphatic carbocycles. The quantitative estimate of drug-likeness (QED) is 0.150. The summed E-state index contributed by atoms with van der Waals surface area (Å²) in [7, 11) is 1.10. The van der Waals surface area contributed by atoms with Gasteiger partial charge in [0.2, 0.25) is 11.8 Å². The number of rotatable bonds is 17. The summed E-state index contributed by atoms with van der Waals surface area (Å²) >= 11 is 0. The molecule has 0 unspecified atom stereocenters. The van der Waals surface area contributed by atoms with E-state index in [4.69, 9.17) is 9.47 Å². The van der Waals surface area contributed by atoms with Gasteiger partial charge in [-0.1, -0.05) is 113 Å². The van der Waals surface area contributed by atoms with Crippen LogP contribution >= 0.6 is 0 Å². The predicted molar refractivity (Wildman–Crippen MR) is 169 cm³/mol. The Bertz CT molecular complexity index is 1120. The molecule has 0 saturated heterocycles. The number of carbonyl (C=O) groups excluding carboxylic acids is 3. The molecule has 0 bridgehead atoms. The monoisotopic (exact) mass is 575 g/mol. The van der Waals surface area contributed by atoms with Crippen LogP contribution in [0.15, 0.2) is 48.5 Å². The molecule has 0 heterocycles. The topological polar surface area (TPSA) is 93.7 Å². The van der Waals surface area contributed by atoms with Gasteiger partial charge in [0.05, 0.1) is 5.94 Å². The summed E-state index contributed by atoms with van der Waals surface area (Å²) < 4.78 is 11.0. The number of hydrogen-bond acceptors (Lipinski definition) is 5. The molecular formula is C34H48BN2O5. The van der Waals surface area contributed by atoms with Crippen molar-refractivity contribution in [2.24, 2.45) is 0 Å². The van der Waals surface area contributed by atoms with Gasteiger partial charge in [-0.05, 0) is 49.4 Å². The molecule has 7 nitrogen and oxygen atoms in total. The summed E-state index contributed by atoms with van der Waals surface area (Å²) in [5.41, 5.74) is 3.72. The van der Waals surface area contributed by atoms with E-state index in [2.05, 4.69) is 29.7 Å². The van der Waals surface area contributed by atoms with Crippen molar-refractivity contribution in [1.82, 2.24) is 10.6 Å². The summed E-state index contributed by atoms with van der Waals surface area (Å²) in [4.78, 5) is 38.4. The zero-order valence-electron chi connectivity index (χ0n) is 25.9. The van der Waals surface area contributed by atoms with Gasteiger partial charge in [0, 0.05) is 12.5 Å². The van der Waals surface area contributed by atoms with Crippen LogP contribution in [0.25, 0.3) is 11.1 Å². The highest BCUT2D eigenvalue weighted by Gasteiger charge is 2.31. The standard InChI is InChI=1S/C34H48BN2O5/c1-5-6-7-8-9-10-11-12-13-18-23-36-31(38)30(35-32(39)42-34(2,3)4)37-33(40)41-24-29-27-21-16-14-19-25(27)26-20-15-17-22-28(26)29/h14-17,19-22,29-30H,5-13,18,23-24H2,1-4H3,(H,36,38)(H,37,40)/t30-/m1/s1. The summed E-state index contributed by atoms with van der Waals surface area (Å²) in [6, 6.07) is 16.2. The van der Waals surface area contributed by atoms with Gasteiger partial charge in [-0.2, -0.15) is 0 Å².